The van der Waals surface area contributed by atoms with E-state index in [-0.39, 0.29) is 11.8 Å². The Kier molecular flexibility index (Phi) is 4.94. The van der Waals surface area contributed by atoms with Gasteiger partial charge in [0.25, 0.3) is 0 Å². The molecule has 2 N–H and O–H groups in total. The number of aryl methyl sites for hydroxylation is 1. The van der Waals surface area contributed by atoms with Crippen molar-refractivity contribution in [2.45, 2.75) is 25.8 Å². The largest absolute Gasteiger partial charge is 0.324 e. The number of nitrogens with two attached hydrogens (primary N) is 1. The molecular weight excluding hydrogens is 270 g/mol. The average Bonchev–Trinajstić information content (AvgIpc) is 2.43. The van der Waals surface area contributed by atoms with Crippen molar-refractivity contribution < 1.29 is 4.79 Å². The summed E-state index contributed by atoms with van der Waals surface area (Å²) >= 11 is 6.14. The molecule has 20 heavy (non-hydrogen) atoms. The summed E-state index contributed by atoms with van der Waals surface area (Å²) in [5.74, 6) is 0.104. The number of rotatable bonds is 5. The molecule has 104 valence electrons. The van der Waals surface area contributed by atoms with Gasteiger partial charge in [-0.3, -0.25) is 4.79 Å². The van der Waals surface area contributed by atoms with Gasteiger partial charge in [0, 0.05) is 23.9 Å². The smallest absolute Gasteiger partial charge is 0.139 e. The fourth-order valence-corrected chi connectivity index (χ4v) is 2.45. The molecule has 0 saturated carbocycles. The van der Waals surface area contributed by atoms with E-state index in [1.54, 1.807) is 0 Å². The van der Waals surface area contributed by atoms with Crippen LogP contribution in [0.2, 0.25) is 5.02 Å². The minimum Gasteiger partial charge on any atom is -0.324 e. The zero-order chi connectivity index (χ0) is 14.5. The van der Waals surface area contributed by atoms with Gasteiger partial charge >= 0.3 is 0 Å². The molecular formula is C17H18ClNO. The third-order valence-electron chi connectivity index (χ3n) is 3.27. The van der Waals surface area contributed by atoms with E-state index in [2.05, 4.69) is 0 Å². The summed E-state index contributed by atoms with van der Waals surface area (Å²) in [6.07, 6.45) is 0.661. The summed E-state index contributed by atoms with van der Waals surface area (Å²) in [5, 5.41) is 0.645. The number of hydrogen-bond donors (Lipinski definition) is 1. The molecule has 2 aromatic carbocycles. The number of halogens is 1. The molecule has 0 saturated heterocycles. The summed E-state index contributed by atoms with van der Waals surface area (Å²) in [6, 6.07) is 15.2. The zero-order valence-electron chi connectivity index (χ0n) is 11.5. The predicted molar refractivity (Wildman–Crippen MR) is 82.9 cm³/mol. The maximum atomic E-state index is 12.1. The molecule has 0 aromatic heterocycles. The molecule has 3 heteroatoms. The van der Waals surface area contributed by atoms with Crippen molar-refractivity contribution in [1.82, 2.24) is 0 Å². The van der Waals surface area contributed by atoms with Crippen molar-refractivity contribution in [3.05, 3.63) is 70.2 Å². The van der Waals surface area contributed by atoms with Gasteiger partial charge in [-0.25, -0.2) is 0 Å². The quantitative estimate of drug-likeness (QED) is 0.908. The van der Waals surface area contributed by atoms with E-state index in [0.717, 1.165) is 16.7 Å². The Morgan fingerprint density at radius 2 is 1.90 bits per heavy atom. The van der Waals surface area contributed by atoms with Gasteiger partial charge in [0.05, 0.1) is 0 Å². The highest BCUT2D eigenvalue weighted by atomic mass is 35.5. The van der Waals surface area contributed by atoms with Crippen LogP contribution in [-0.2, 0) is 11.2 Å². The molecule has 0 radical (unpaired) electrons. The Morgan fingerprint density at radius 1 is 1.20 bits per heavy atom. The molecule has 0 amide bonds. The number of benzene rings is 2. The first-order valence-corrected chi connectivity index (χ1v) is 7.01. The lowest BCUT2D eigenvalue weighted by molar-refractivity contribution is -0.118. The van der Waals surface area contributed by atoms with E-state index in [4.69, 9.17) is 17.3 Å². The van der Waals surface area contributed by atoms with E-state index < -0.39 is 0 Å². The number of ketones is 1. The van der Waals surface area contributed by atoms with Gasteiger partial charge in [0.2, 0.25) is 0 Å². The highest BCUT2D eigenvalue weighted by Gasteiger charge is 2.13. The van der Waals surface area contributed by atoms with Gasteiger partial charge in [-0.05, 0) is 29.7 Å². The van der Waals surface area contributed by atoms with Crippen LogP contribution in [0.15, 0.2) is 48.5 Å². The Balaban J connectivity index is 1.99. The molecule has 0 aliphatic rings. The minimum absolute atomic E-state index is 0.104. The summed E-state index contributed by atoms with van der Waals surface area (Å²) in [5.41, 5.74) is 8.99. The molecule has 0 aliphatic carbocycles. The third-order valence-corrected chi connectivity index (χ3v) is 3.62. The van der Waals surface area contributed by atoms with Crippen molar-refractivity contribution in [2.24, 2.45) is 5.73 Å². The number of carbonyl (C=O) groups is 1. The summed E-state index contributed by atoms with van der Waals surface area (Å²) < 4.78 is 0. The zero-order valence-corrected chi connectivity index (χ0v) is 12.2. The van der Waals surface area contributed by atoms with Crippen LogP contribution in [0.5, 0.6) is 0 Å². The van der Waals surface area contributed by atoms with Crippen LogP contribution in [0.3, 0.4) is 0 Å². The van der Waals surface area contributed by atoms with Crippen molar-refractivity contribution in [2.75, 3.05) is 0 Å². The summed E-state index contributed by atoms with van der Waals surface area (Å²) in [7, 11) is 0. The first-order chi connectivity index (χ1) is 9.56. The van der Waals surface area contributed by atoms with E-state index in [1.165, 1.54) is 0 Å². The highest BCUT2D eigenvalue weighted by molar-refractivity contribution is 6.31. The number of carbonyl (C=O) groups excluding carboxylic acids is 1. The molecule has 2 rings (SSSR count). The van der Waals surface area contributed by atoms with Crippen molar-refractivity contribution in [3.8, 4) is 0 Å². The second-order valence-electron chi connectivity index (χ2n) is 5.03. The van der Waals surface area contributed by atoms with Crippen LogP contribution in [0.1, 0.15) is 29.2 Å². The van der Waals surface area contributed by atoms with Crippen LogP contribution in [0.25, 0.3) is 0 Å². The molecule has 0 fully saturated rings. The van der Waals surface area contributed by atoms with E-state index in [1.807, 2.05) is 55.5 Å². The van der Waals surface area contributed by atoms with Gasteiger partial charge < -0.3 is 5.73 Å². The van der Waals surface area contributed by atoms with Crippen molar-refractivity contribution in [1.29, 1.82) is 0 Å². The first kappa shape index (κ1) is 14.8. The fourth-order valence-electron chi connectivity index (χ4n) is 2.14. The minimum atomic E-state index is -0.257. The summed E-state index contributed by atoms with van der Waals surface area (Å²) in [6.45, 7) is 1.97. The van der Waals surface area contributed by atoms with Gasteiger partial charge in [0.15, 0.2) is 0 Å². The van der Waals surface area contributed by atoms with E-state index in [0.29, 0.717) is 17.9 Å². The highest BCUT2D eigenvalue weighted by Crippen LogP contribution is 2.20. The maximum Gasteiger partial charge on any atom is 0.139 e. The second kappa shape index (κ2) is 6.69. The standard InChI is InChI=1S/C17H18ClNO/c1-12-7-8-14(16(18)9-12)10-15(20)11-17(19)13-5-3-2-4-6-13/h2-9,17H,10-11,19H2,1H3. The summed E-state index contributed by atoms with van der Waals surface area (Å²) in [4.78, 5) is 12.1. The van der Waals surface area contributed by atoms with Crippen molar-refractivity contribution >= 4 is 17.4 Å². The van der Waals surface area contributed by atoms with Gasteiger partial charge in [0.1, 0.15) is 5.78 Å². The predicted octanol–water partition coefficient (Wildman–Crippen LogP) is 3.85. The van der Waals surface area contributed by atoms with Gasteiger partial charge in [-0.15, -0.1) is 0 Å². The molecule has 0 spiro atoms. The molecule has 1 atom stereocenters. The molecule has 2 nitrogen and oxygen atoms in total. The number of Topliss-reactive ketones (excluding diaryl/α,β-unsaturated/α-hetero) is 1. The molecule has 0 heterocycles. The fraction of sp³-hybridized carbons (Fsp3) is 0.235. The Morgan fingerprint density at radius 3 is 2.55 bits per heavy atom. The van der Waals surface area contributed by atoms with Crippen LogP contribution in [0, 0.1) is 6.92 Å². The Hall–Kier alpha value is -1.64. The molecule has 0 bridgehead atoms. The number of hydrogen-bond acceptors (Lipinski definition) is 2. The first-order valence-electron chi connectivity index (χ1n) is 6.63. The van der Waals surface area contributed by atoms with Crippen molar-refractivity contribution in [3.63, 3.8) is 0 Å². The van der Waals surface area contributed by atoms with Crippen LogP contribution >= 0.6 is 11.6 Å². The molecule has 1 unspecified atom stereocenters. The Labute approximate surface area is 124 Å². The molecule has 0 aliphatic heterocycles. The topological polar surface area (TPSA) is 43.1 Å². The van der Waals surface area contributed by atoms with Gasteiger partial charge in [-0.1, -0.05) is 54.1 Å². The van der Waals surface area contributed by atoms with E-state index >= 15 is 0 Å². The lowest BCUT2D eigenvalue weighted by atomic mass is 9.98. The lowest BCUT2D eigenvalue weighted by Gasteiger charge is -2.11. The van der Waals surface area contributed by atoms with Crippen LogP contribution < -0.4 is 5.73 Å². The van der Waals surface area contributed by atoms with Gasteiger partial charge in [-0.2, -0.15) is 0 Å². The van der Waals surface area contributed by atoms with E-state index in [9.17, 15) is 4.79 Å². The molecule has 2 aromatic rings. The maximum absolute atomic E-state index is 12.1. The van der Waals surface area contributed by atoms with Crippen LogP contribution in [0.4, 0.5) is 0 Å². The third kappa shape index (κ3) is 3.92. The average molecular weight is 288 g/mol. The Bertz CT molecular complexity index is 595. The SMILES string of the molecule is Cc1ccc(CC(=O)CC(N)c2ccccc2)c(Cl)c1. The monoisotopic (exact) mass is 287 g/mol. The lowest BCUT2D eigenvalue weighted by Crippen LogP contribution is -2.16. The second-order valence-corrected chi connectivity index (χ2v) is 5.44. The normalized spacial score (nSPS) is 12.2. The van der Waals surface area contributed by atoms with Crippen LogP contribution in [-0.4, -0.2) is 5.78 Å².